The molecule has 0 bridgehead atoms. The molecule has 0 aromatic heterocycles. The van der Waals surface area contributed by atoms with Crippen LogP contribution >= 0.6 is 0 Å². The van der Waals surface area contributed by atoms with E-state index >= 15 is 0 Å². The Labute approximate surface area is 223 Å². The van der Waals surface area contributed by atoms with E-state index in [0.29, 0.717) is 0 Å². The third kappa shape index (κ3) is 4.61. The summed E-state index contributed by atoms with van der Waals surface area (Å²) in [7, 11) is -6.32. The standard InChI is InChI=1S/2C12H22N2Si2.2Sn/c2*1-15(2,3)13-11-9-7-8-10-12(11)14-16(4,5)6;;/h2*7-10H,1-6H3;;/q2*-2;2*+2. The summed E-state index contributed by atoms with van der Waals surface area (Å²) in [6, 6.07) is 19.1. The fraction of sp³-hybridized carbons (Fsp3) is 0.500. The molecule has 184 valence electrons. The van der Waals surface area contributed by atoms with Crippen LogP contribution in [0.2, 0.25) is 78.6 Å². The molecular formula is C24H44N4Si4Sn2. The van der Waals surface area contributed by atoms with E-state index in [4.69, 9.17) is 0 Å². The first kappa shape index (κ1) is 27.1. The maximum absolute atomic E-state index is 3.18. The van der Waals surface area contributed by atoms with Crippen LogP contribution in [0.1, 0.15) is 0 Å². The van der Waals surface area contributed by atoms with E-state index in [9.17, 15) is 0 Å². The van der Waals surface area contributed by atoms with Gasteiger partial charge in [0.2, 0.25) is 0 Å². The van der Waals surface area contributed by atoms with Crippen molar-refractivity contribution in [1.29, 1.82) is 0 Å². The Morgan fingerprint density at radius 1 is 0.382 bits per heavy atom. The van der Waals surface area contributed by atoms with Crippen LogP contribution in [0, 0.1) is 0 Å². The topological polar surface area (TPSA) is 13.0 Å². The molecule has 34 heavy (non-hydrogen) atoms. The van der Waals surface area contributed by atoms with Crippen LogP contribution in [-0.2, 0) is 0 Å². The van der Waals surface area contributed by atoms with Gasteiger partial charge in [0.15, 0.2) is 0 Å². The van der Waals surface area contributed by atoms with Crippen LogP contribution < -0.4 is 11.1 Å². The third-order valence-corrected chi connectivity index (χ3v) is 92.1. The predicted molar refractivity (Wildman–Crippen MR) is 168 cm³/mol. The van der Waals surface area contributed by atoms with Crippen molar-refractivity contribution in [2.24, 2.45) is 0 Å². The number of nitrogens with zero attached hydrogens (tertiary/aromatic N) is 4. The SMILES string of the molecule is C[Si](C)(C)[N]1c2ccccc2[N]([Si](C)(C)C)[Sn]1=[Sn]1[N]([Si](C)(C)C)c2ccccc2[N]1[Si](C)(C)C. The van der Waals surface area contributed by atoms with Gasteiger partial charge in [-0.05, 0) is 0 Å². The number of fused-ring (bicyclic) bond motifs is 2. The molecule has 0 N–H and O–H groups in total. The maximum atomic E-state index is 3.18. The molecule has 0 saturated heterocycles. The number of rotatable bonds is 4. The summed E-state index contributed by atoms with van der Waals surface area (Å²) in [5.74, 6) is 0. The Hall–Kier alpha value is 0.105. The second-order valence-electron chi connectivity index (χ2n) is 13.6. The first-order valence-corrected chi connectivity index (χ1v) is 42.5. The summed E-state index contributed by atoms with van der Waals surface area (Å²) in [6.07, 6.45) is 0. The molecule has 0 saturated carbocycles. The van der Waals surface area contributed by atoms with Crippen molar-refractivity contribution in [3.05, 3.63) is 48.5 Å². The minimum absolute atomic E-state index is 1.58. The molecule has 10 heteroatoms. The molecule has 0 atom stereocenters. The molecule has 0 unspecified atom stereocenters. The van der Waals surface area contributed by atoms with Crippen LogP contribution in [0.25, 0.3) is 0 Å². The van der Waals surface area contributed by atoms with Gasteiger partial charge in [-0.25, -0.2) is 0 Å². The molecule has 2 aliphatic rings. The van der Waals surface area contributed by atoms with E-state index in [2.05, 4.69) is 138 Å². The molecular weight excluding hydrogens is 694 g/mol. The number of anilines is 4. The Bertz CT molecular complexity index is 968. The van der Waals surface area contributed by atoms with Gasteiger partial charge < -0.3 is 0 Å². The number of hydrogen-bond donors (Lipinski definition) is 0. The fourth-order valence-corrected chi connectivity index (χ4v) is 165. The summed E-state index contributed by atoms with van der Waals surface area (Å²) in [5.41, 5.74) is 6.37. The van der Waals surface area contributed by atoms with Gasteiger partial charge in [0.25, 0.3) is 0 Å². The second-order valence-corrected chi connectivity index (χ2v) is 63.8. The minimum atomic E-state index is -2.33. The van der Waals surface area contributed by atoms with Gasteiger partial charge in [-0.1, -0.05) is 0 Å². The second kappa shape index (κ2) is 8.85. The van der Waals surface area contributed by atoms with E-state index in [-0.39, 0.29) is 0 Å². The van der Waals surface area contributed by atoms with Crippen LogP contribution in [0.3, 0.4) is 0 Å². The van der Waals surface area contributed by atoms with E-state index in [0.717, 1.165) is 0 Å². The number of benzene rings is 2. The summed E-state index contributed by atoms with van der Waals surface area (Å²) in [4.78, 5) is 0. The van der Waals surface area contributed by atoms with Gasteiger partial charge in [-0.3, -0.25) is 0 Å². The molecule has 0 spiro atoms. The van der Waals surface area contributed by atoms with Crippen molar-refractivity contribution >= 4 is 87.1 Å². The van der Waals surface area contributed by atoms with Crippen molar-refractivity contribution in [1.82, 2.24) is 0 Å². The summed E-state index contributed by atoms with van der Waals surface area (Å²) < 4.78 is 12.7. The first-order chi connectivity index (χ1) is 15.5. The third-order valence-electron chi connectivity index (χ3n) is 6.46. The molecule has 2 aromatic carbocycles. The van der Waals surface area contributed by atoms with Crippen molar-refractivity contribution < 1.29 is 0 Å². The molecule has 2 aliphatic heterocycles. The molecule has 0 radical (unpaired) electrons. The molecule has 0 aliphatic carbocycles. The summed E-state index contributed by atoms with van der Waals surface area (Å²) >= 11 is -4.66. The monoisotopic (exact) mass is 740 g/mol. The zero-order valence-electron chi connectivity index (χ0n) is 23.4. The van der Waals surface area contributed by atoms with Gasteiger partial charge in [-0.2, -0.15) is 0 Å². The van der Waals surface area contributed by atoms with E-state index in [1.165, 1.54) is 0 Å². The normalized spacial score (nSPS) is 17.1. The van der Waals surface area contributed by atoms with E-state index in [1.807, 2.05) is 0 Å². The van der Waals surface area contributed by atoms with Crippen LogP contribution in [0.5, 0.6) is 0 Å². The quantitative estimate of drug-likeness (QED) is 0.313. The summed E-state index contributed by atoms with van der Waals surface area (Å²) in [5, 5.41) is 0. The first-order valence-electron chi connectivity index (χ1n) is 12.6. The Morgan fingerprint density at radius 2 is 0.559 bits per heavy atom. The molecule has 4 rings (SSSR count). The zero-order chi connectivity index (χ0) is 25.4. The molecule has 0 amide bonds. The average molecular weight is 738 g/mol. The van der Waals surface area contributed by atoms with Gasteiger partial charge >= 0.3 is 225 Å². The molecule has 2 aromatic rings. The van der Waals surface area contributed by atoms with Gasteiger partial charge in [0.1, 0.15) is 0 Å². The number of hydrogen-bond acceptors (Lipinski definition) is 4. The van der Waals surface area contributed by atoms with Gasteiger partial charge in [-0.15, -0.1) is 0 Å². The predicted octanol–water partition coefficient (Wildman–Crippen LogP) is 7.03. The van der Waals surface area contributed by atoms with Gasteiger partial charge in [0, 0.05) is 0 Å². The van der Waals surface area contributed by atoms with Crippen molar-refractivity contribution in [2.75, 3.05) is 11.1 Å². The number of para-hydroxylation sites is 4. The van der Waals surface area contributed by atoms with Crippen molar-refractivity contribution in [3.8, 4) is 0 Å². The van der Waals surface area contributed by atoms with Crippen molar-refractivity contribution in [2.45, 2.75) is 78.6 Å². The fourth-order valence-electron chi connectivity index (χ4n) is 5.46. The van der Waals surface area contributed by atoms with Crippen LogP contribution in [0.4, 0.5) is 22.7 Å². The van der Waals surface area contributed by atoms with E-state index < -0.39 is 64.4 Å². The Morgan fingerprint density at radius 3 is 0.706 bits per heavy atom. The Kier molecular flexibility index (Phi) is 7.06. The van der Waals surface area contributed by atoms with E-state index in [1.54, 1.807) is 22.7 Å². The molecule has 2 heterocycles. The van der Waals surface area contributed by atoms with Crippen LogP contribution in [-0.4, -0.2) is 64.4 Å². The molecule has 0 fully saturated rings. The van der Waals surface area contributed by atoms with Crippen LogP contribution in [0.15, 0.2) is 48.5 Å². The van der Waals surface area contributed by atoms with Gasteiger partial charge in [0.05, 0.1) is 0 Å². The zero-order valence-corrected chi connectivity index (χ0v) is 33.1. The Balaban J connectivity index is 2.20. The average Bonchev–Trinajstić information content (AvgIpc) is 3.20. The summed E-state index contributed by atoms with van der Waals surface area (Å²) in [6.45, 7) is 31.4. The van der Waals surface area contributed by atoms with Crippen molar-refractivity contribution in [3.63, 3.8) is 0 Å². The molecule has 4 nitrogen and oxygen atoms in total.